The van der Waals surface area contributed by atoms with Crippen LogP contribution in [0, 0.1) is 0 Å². The third-order valence-corrected chi connectivity index (χ3v) is 3.33. The van der Waals surface area contributed by atoms with Crippen molar-refractivity contribution in [1.29, 1.82) is 0 Å². The molecule has 2 unspecified atom stereocenters. The van der Waals surface area contributed by atoms with E-state index in [-0.39, 0.29) is 6.04 Å². The van der Waals surface area contributed by atoms with Crippen molar-refractivity contribution in [3.63, 3.8) is 0 Å². The zero-order valence-corrected chi connectivity index (χ0v) is 10.2. The van der Waals surface area contributed by atoms with Crippen LogP contribution in [-0.2, 0) is 4.74 Å². The molecule has 2 N–H and O–H groups in total. The van der Waals surface area contributed by atoms with Gasteiger partial charge >= 0.3 is 0 Å². The lowest BCUT2D eigenvalue weighted by Crippen LogP contribution is -2.37. The molecule has 1 saturated carbocycles. The van der Waals surface area contributed by atoms with Crippen LogP contribution in [0.4, 0.5) is 0 Å². The number of ether oxygens (including phenoxy) is 1. The summed E-state index contributed by atoms with van der Waals surface area (Å²) in [6.07, 6.45) is 11.7. The van der Waals surface area contributed by atoms with Gasteiger partial charge in [0, 0.05) is 12.6 Å². The van der Waals surface area contributed by atoms with Crippen LogP contribution in [0.15, 0.2) is 0 Å². The Kier molecular flexibility index (Phi) is 7.03. The van der Waals surface area contributed by atoms with Crippen LogP contribution < -0.4 is 5.73 Å². The normalized spacial score (nSPS) is 28.4. The molecule has 0 aliphatic heterocycles. The molecule has 1 aliphatic carbocycles. The maximum atomic E-state index is 6.14. The van der Waals surface area contributed by atoms with Crippen LogP contribution in [0.2, 0.25) is 0 Å². The Morgan fingerprint density at radius 2 is 1.80 bits per heavy atom. The van der Waals surface area contributed by atoms with Gasteiger partial charge in [-0.05, 0) is 19.3 Å². The highest BCUT2D eigenvalue weighted by Crippen LogP contribution is 2.19. The van der Waals surface area contributed by atoms with Crippen molar-refractivity contribution in [3.8, 4) is 0 Å². The summed E-state index contributed by atoms with van der Waals surface area (Å²) in [6, 6.07) is 0.284. The summed E-state index contributed by atoms with van der Waals surface area (Å²) in [7, 11) is 0. The first kappa shape index (κ1) is 13.0. The molecule has 0 heterocycles. The van der Waals surface area contributed by atoms with Crippen LogP contribution in [0.3, 0.4) is 0 Å². The zero-order chi connectivity index (χ0) is 10.9. The molecule has 0 aromatic heterocycles. The minimum absolute atomic E-state index is 0.284. The van der Waals surface area contributed by atoms with Gasteiger partial charge in [-0.25, -0.2) is 0 Å². The van der Waals surface area contributed by atoms with E-state index in [2.05, 4.69) is 6.92 Å². The maximum Gasteiger partial charge on any atom is 0.0725 e. The second-order valence-corrected chi connectivity index (χ2v) is 4.77. The van der Waals surface area contributed by atoms with E-state index in [1.165, 1.54) is 51.4 Å². The van der Waals surface area contributed by atoms with Crippen molar-refractivity contribution in [1.82, 2.24) is 0 Å². The first-order valence-corrected chi connectivity index (χ1v) is 6.71. The average molecular weight is 213 g/mol. The van der Waals surface area contributed by atoms with E-state index in [1.807, 2.05) is 0 Å². The van der Waals surface area contributed by atoms with Crippen LogP contribution >= 0.6 is 0 Å². The summed E-state index contributed by atoms with van der Waals surface area (Å²) in [5.74, 6) is 0. The summed E-state index contributed by atoms with van der Waals surface area (Å²) in [5.41, 5.74) is 6.14. The summed E-state index contributed by atoms with van der Waals surface area (Å²) in [6.45, 7) is 3.13. The van der Waals surface area contributed by atoms with Gasteiger partial charge in [0.1, 0.15) is 0 Å². The van der Waals surface area contributed by atoms with E-state index in [1.54, 1.807) is 0 Å². The second-order valence-electron chi connectivity index (χ2n) is 4.77. The van der Waals surface area contributed by atoms with E-state index < -0.39 is 0 Å². The summed E-state index contributed by atoms with van der Waals surface area (Å²) in [5, 5.41) is 0. The van der Waals surface area contributed by atoms with Gasteiger partial charge in [-0.2, -0.15) is 0 Å². The molecular formula is C13H27NO. The van der Waals surface area contributed by atoms with Crippen molar-refractivity contribution >= 4 is 0 Å². The first-order chi connectivity index (χ1) is 7.34. The van der Waals surface area contributed by atoms with E-state index in [0.717, 1.165) is 13.0 Å². The Morgan fingerprint density at radius 1 is 1.07 bits per heavy atom. The van der Waals surface area contributed by atoms with E-state index in [0.29, 0.717) is 6.10 Å². The minimum Gasteiger partial charge on any atom is -0.377 e. The smallest absolute Gasteiger partial charge is 0.0725 e. The zero-order valence-electron chi connectivity index (χ0n) is 10.2. The molecule has 1 rings (SSSR count). The third-order valence-electron chi connectivity index (χ3n) is 3.33. The molecule has 2 heteroatoms. The average Bonchev–Trinajstić information content (AvgIpc) is 2.22. The highest BCUT2D eigenvalue weighted by molar-refractivity contribution is 4.75. The maximum absolute atomic E-state index is 6.14. The molecule has 90 valence electrons. The Bertz CT molecular complexity index is 149. The Balaban J connectivity index is 2.17. The number of rotatable bonds is 5. The Morgan fingerprint density at radius 3 is 2.53 bits per heavy atom. The molecule has 0 radical (unpaired) electrons. The van der Waals surface area contributed by atoms with Crippen molar-refractivity contribution in [2.24, 2.45) is 5.73 Å². The van der Waals surface area contributed by atoms with E-state index in [9.17, 15) is 0 Å². The number of hydrogen-bond donors (Lipinski definition) is 1. The number of hydrogen-bond acceptors (Lipinski definition) is 2. The molecule has 0 saturated heterocycles. The van der Waals surface area contributed by atoms with Gasteiger partial charge < -0.3 is 10.5 Å². The van der Waals surface area contributed by atoms with Gasteiger partial charge in [-0.1, -0.05) is 45.4 Å². The molecule has 1 aliphatic rings. The predicted molar refractivity (Wildman–Crippen MR) is 64.9 cm³/mol. The van der Waals surface area contributed by atoms with E-state index in [4.69, 9.17) is 10.5 Å². The summed E-state index contributed by atoms with van der Waals surface area (Å²) < 4.78 is 5.91. The highest BCUT2D eigenvalue weighted by Gasteiger charge is 2.19. The lowest BCUT2D eigenvalue weighted by Gasteiger charge is -2.26. The van der Waals surface area contributed by atoms with Gasteiger partial charge in [0.05, 0.1) is 6.10 Å². The van der Waals surface area contributed by atoms with Crippen molar-refractivity contribution < 1.29 is 4.74 Å². The molecule has 0 bridgehead atoms. The monoisotopic (exact) mass is 213 g/mol. The molecule has 2 nitrogen and oxygen atoms in total. The summed E-state index contributed by atoms with van der Waals surface area (Å²) >= 11 is 0. The SMILES string of the molecule is CCCCCOC1CCCCCCC1N. The van der Waals surface area contributed by atoms with Gasteiger partial charge in [0.15, 0.2) is 0 Å². The van der Waals surface area contributed by atoms with Crippen LogP contribution in [-0.4, -0.2) is 18.8 Å². The molecule has 15 heavy (non-hydrogen) atoms. The van der Waals surface area contributed by atoms with Gasteiger partial charge in [-0.15, -0.1) is 0 Å². The van der Waals surface area contributed by atoms with Gasteiger partial charge in [0.2, 0.25) is 0 Å². The molecular weight excluding hydrogens is 186 g/mol. The van der Waals surface area contributed by atoms with Crippen LogP contribution in [0.1, 0.15) is 64.7 Å². The fraction of sp³-hybridized carbons (Fsp3) is 1.00. The number of nitrogens with two attached hydrogens (primary N) is 1. The first-order valence-electron chi connectivity index (χ1n) is 6.71. The van der Waals surface area contributed by atoms with Crippen molar-refractivity contribution in [2.75, 3.05) is 6.61 Å². The van der Waals surface area contributed by atoms with Crippen LogP contribution in [0.25, 0.3) is 0 Å². The lowest BCUT2D eigenvalue weighted by atomic mass is 9.95. The summed E-state index contributed by atoms with van der Waals surface area (Å²) in [4.78, 5) is 0. The van der Waals surface area contributed by atoms with Crippen LogP contribution in [0.5, 0.6) is 0 Å². The van der Waals surface area contributed by atoms with Crippen molar-refractivity contribution in [3.05, 3.63) is 0 Å². The fourth-order valence-corrected chi connectivity index (χ4v) is 2.27. The quantitative estimate of drug-likeness (QED) is 0.712. The minimum atomic E-state index is 0.284. The number of unbranched alkanes of at least 4 members (excludes halogenated alkanes) is 2. The topological polar surface area (TPSA) is 35.2 Å². The van der Waals surface area contributed by atoms with Gasteiger partial charge in [-0.3, -0.25) is 0 Å². The molecule has 0 amide bonds. The molecule has 0 aromatic carbocycles. The fourth-order valence-electron chi connectivity index (χ4n) is 2.27. The van der Waals surface area contributed by atoms with Gasteiger partial charge in [0.25, 0.3) is 0 Å². The molecule has 2 atom stereocenters. The molecule has 1 fully saturated rings. The molecule has 0 aromatic rings. The van der Waals surface area contributed by atoms with E-state index >= 15 is 0 Å². The third kappa shape index (κ3) is 5.53. The predicted octanol–water partition coefficient (Wildman–Crippen LogP) is 3.24. The highest BCUT2D eigenvalue weighted by atomic mass is 16.5. The second kappa shape index (κ2) is 8.12. The standard InChI is InChI=1S/C13H27NO/c1-2-3-8-11-15-13-10-7-5-4-6-9-12(13)14/h12-13H,2-11,14H2,1H3. The van der Waals surface area contributed by atoms with Crippen molar-refractivity contribution in [2.45, 2.75) is 76.9 Å². The Hall–Kier alpha value is -0.0800. The Labute approximate surface area is 94.6 Å². The largest absolute Gasteiger partial charge is 0.377 e. The molecule has 0 spiro atoms. The lowest BCUT2D eigenvalue weighted by molar-refractivity contribution is 0.0210.